The molecule has 0 aliphatic carbocycles. The van der Waals surface area contributed by atoms with E-state index in [0.717, 1.165) is 115 Å². The molecule has 0 amide bonds. The highest BCUT2D eigenvalue weighted by atomic mass is 31.2. The first-order valence-corrected chi connectivity index (χ1v) is 45.0. The van der Waals surface area contributed by atoms with E-state index in [1.54, 1.807) is 0 Å². The van der Waals surface area contributed by atoms with Gasteiger partial charge in [-0.3, -0.25) is 37.3 Å². The zero-order chi connectivity index (χ0) is 73.5. The predicted molar refractivity (Wildman–Crippen MR) is 409 cm³/mol. The number of phosphoric acid groups is 2. The van der Waals surface area contributed by atoms with Crippen LogP contribution in [0.2, 0.25) is 0 Å². The molecule has 0 aromatic heterocycles. The molecule has 2 unspecified atom stereocenters. The summed E-state index contributed by atoms with van der Waals surface area (Å²) in [5.41, 5.74) is 0. The molecule has 0 rings (SSSR count). The van der Waals surface area contributed by atoms with Crippen molar-refractivity contribution in [3.63, 3.8) is 0 Å². The lowest BCUT2D eigenvalue weighted by molar-refractivity contribution is -0.161. The summed E-state index contributed by atoms with van der Waals surface area (Å²) in [4.78, 5) is 72.9. The fourth-order valence-electron chi connectivity index (χ4n) is 12.5. The van der Waals surface area contributed by atoms with E-state index in [1.165, 1.54) is 231 Å². The number of rotatable bonds is 80. The van der Waals surface area contributed by atoms with E-state index in [1.807, 2.05) is 0 Å². The predicted octanol–water partition coefficient (Wildman–Crippen LogP) is 24.3. The normalized spacial score (nSPS) is 13.9. The van der Waals surface area contributed by atoms with E-state index >= 15 is 0 Å². The van der Waals surface area contributed by atoms with Gasteiger partial charge < -0.3 is 33.8 Å². The largest absolute Gasteiger partial charge is 0.472 e. The van der Waals surface area contributed by atoms with Gasteiger partial charge in [0.1, 0.15) is 19.3 Å². The summed E-state index contributed by atoms with van der Waals surface area (Å²) in [6, 6.07) is 0. The maximum Gasteiger partial charge on any atom is 0.472 e. The van der Waals surface area contributed by atoms with Crippen molar-refractivity contribution in [1.29, 1.82) is 0 Å². The van der Waals surface area contributed by atoms with Gasteiger partial charge in [0, 0.05) is 25.7 Å². The van der Waals surface area contributed by atoms with Gasteiger partial charge in [0.25, 0.3) is 0 Å². The number of carbonyl (C=O) groups excluding carboxylic acids is 4. The van der Waals surface area contributed by atoms with Crippen LogP contribution in [0.1, 0.15) is 427 Å². The van der Waals surface area contributed by atoms with E-state index in [2.05, 4.69) is 41.5 Å². The Morgan fingerprint density at radius 3 is 0.680 bits per heavy atom. The smallest absolute Gasteiger partial charge is 0.462 e. The number of aliphatic hydroxyl groups excluding tert-OH is 1. The highest BCUT2D eigenvalue weighted by Crippen LogP contribution is 2.45. The average molecular weight is 1470 g/mol. The summed E-state index contributed by atoms with van der Waals surface area (Å²) < 4.78 is 68.6. The second-order valence-corrected chi connectivity index (χ2v) is 33.0. The summed E-state index contributed by atoms with van der Waals surface area (Å²) in [7, 11) is -9.91. The van der Waals surface area contributed by atoms with Crippen LogP contribution in [0.25, 0.3) is 0 Å². The molecule has 0 heterocycles. The molecule has 100 heavy (non-hydrogen) atoms. The van der Waals surface area contributed by atoms with Gasteiger partial charge in [0.15, 0.2) is 12.2 Å². The Kier molecular flexibility index (Phi) is 71.2. The number of hydrogen-bond acceptors (Lipinski definition) is 15. The van der Waals surface area contributed by atoms with Gasteiger partial charge in [-0.05, 0) is 37.5 Å². The molecule has 0 aromatic carbocycles. The van der Waals surface area contributed by atoms with Crippen LogP contribution in [0.15, 0.2) is 0 Å². The SMILES string of the molecule is CCCCCCCCCCCCCCCCCCCCCCCCC(=O)O[C@H](COC(=O)CCCCCCCCCCCCCCCC(C)C)COP(=O)(O)OC[C@@H](O)COP(=O)(O)OC[C@@H](COC(=O)CCCCCCCCC)OC(=O)CCCCCCCCCCCCCCC(C)C. The molecule has 0 fully saturated rings. The molecule has 0 radical (unpaired) electrons. The van der Waals surface area contributed by atoms with Gasteiger partial charge in [-0.1, -0.05) is 375 Å². The molecule has 0 aromatic rings. The lowest BCUT2D eigenvalue weighted by Crippen LogP contribution is -2.30. The van der Waals surface area contributed by atoms with Crippen molar-refractivity contribution in [2.45, 2.75) is 445 Å². The average Bonchev–Trinajstić information content (AvgIpc) is 1.11. The third kappa shape index (κ3) is 74.3. The monoisotopic (exact) mass is 1470 g/mol. The van der Waals surface area contributed by atoms with E-state index < -0.39 is 97.5 Å². The topological polar surface area (TPSA) is 237 Å². The minimum absolute atomic E-state index is 0.107. The van der Waals surface area contributed by atoms with E-state index in [0.29, 0.717) is 25.7 Å². The number of hydrogen-bond donors (Lipinski definition) is 3. The Hall–Kier alpha value is -1.94. The standard InChI is InChI=1S/C81H158O17P2/c1-7-9-11-13-15-16-17-18-19-20-21-22-23-24-25-26-29-36-41-47-53-59-65-81(86)98-77(70-92-79(84)64-58-52-46-40-35-30-27-28-33-38-44-49-55-61-73(3)4)72-96-100(89,90)94-68-75(82)67-93-99(87,88)95-71-76(69-91-78(83)63-57-51-43-14-12-10-8-2)97-80(85)66-60-54-48-42-37-32-31-34-39-45-50-56-62-74(5)6/h73-77,82H,7-72H2,1-6H3,(H,87,88)(H,89,90)/t75-,76+,77+/m0/s1. The minimum Gasteiger partial charge on any atom is -0.462 e. The molecule has 0 aliphatic heterocycles. The highest BCUT2D eigenvalue weighted by Gasteiger charge is 2.30. The van der Waals surface area contributed by atoms with Crippen molar-refractivity contribution in [2.75, 3.05) is 39.6 Å². The zero-order valence-electron chi connectivity index (χ0n) is 65.5. The molecule has 0 spiro atoms. The first-order chi connectivity index (χ1) is 48.4. The number of unbranched alkanes of at least 4 members (excludes halogenated alkanes) is 50. The Morgan fingerprint density at radius 2 is 0.460 bits per heavy atom. The number of ether oxygens (including phenoxy) is 4. The summed E-state index contributed by atoms with van der Waals surface area (Å²) in [6.45, 7) is 9.61. The summed E-state index contributed by atoms with van der Waals surface area (Å²) in [6.07, 6.45) is 62.7. The van der Waals surface area contributed by atoms with Crippen LogP contribution in [0.5, 0.6) is 0 Å². The first kappa shape index (κ1) is 98.1. The van der Waals surface area contributed by atoms with Crippen LogP contribution in [0.4, 0.5) is 0 Å². The van der Waals surface area contributed by atoms with Gasteiger partial charge >= 0.3 is 39.5 Å². The van der Waals surface area contributed by atoms with E-state index in [9.17, 15) is 43.2 Å². The second-order valence-electron chi connectivity index (χ2n) is 30.1. The van der Waals surface area contributed by atoms with Crippen molar-refractivity contribution in [2.24, 2.45) is 11.8 Å². The summed E-state index contributed by atoms with van der Waals surface area (Å²) in [5.74, 6) is -0.546. The molecular formula is C81H158O17P2. The van der Waals surface area contributed by atoms with Crippen LogP contribution >= 0.6 is 15.6 Å². The number of carbonyl (C=O) groups is 4. The number of aliphatic hydroxyl groups is 1. The lowest BCUT2D eigenvalue weighted by Gasteiger charge is -2.21. The quantitative estimate of drug-likeness (QED) is 0.0222. The van der Waals surface area contributed by atoms with Crippen LogP contribution in [0.3, 0.4) is 0 Å². The molecule has 0 saturated heterocycles. The number of esters is 4. The fourth-order valence-corrected chi connectivity index (χ4v) is 14.1. The third-order valence-electron chi connectivity index (χ3n) is 19.0. The van der Waals surface area contributed by atoms with Crippen LogP contribution in [-0.4, -0.2) is 96.7 Å². The maximum atomic E-state index is 13.1. The Balaban J connectivity index is 5.16. The molecule has 17 nitrogen and oxygen atoms in total. The number of phosphoric ester groups is 2. The molecular weight excluding hydrogens is 1310 g/mol. The van der Waals surface area contributed by atoms with Gasteiger partial charge in [-0.25, -0.2) is 9.13 Å². The van der Waals surface area contributed by atoms with E-state index in [-0.39, 0.29) is 25.7 Å². The van der Waals surface area contributed by atoms with E-state index in [4.69, 9.17) is 37.0 Å². The fraction of sp³-hybridized carbons (Fsp3) is 0.951. The van der Waals surface area contributed by atoms with Crippen molar-refractivity contribution >= 4 is 39.5 Å². The zero-order valence-corrected chi connectivity index (χ0v) is 67.3. The summed E-state index contributed by atoms with van der Waals surface area (Å²) >= 11 is 0. The summed E-state index contributed by atoms with van der Waals surface area (Å²) in [5, 5.41) is 10.6. The Bertz CT molecular complexity index is 1920. The molecule has 5 atom stereocenters. The maximum absolute atomic E-state index is 13.1. The third-order valence-corrected chi connectivity index (χ3v) is 20.9. The van der Waals surface area contributed by atoms with Crippen LogP contribution in [0, 0.1) is 11.8 Å². The lowest BCUT2D eigenvalue weighted by atomic mass is 10.0. The minimum atomic E-state index is -4.96. The van der Waals surface area contributed by atoms with Crippen molar-refractivity contribution in [3.05, 3.63) is 0 Å². The highest BCUT2D eigenvalue weighted by molar-refractivity contribution is 7.47. The van der Waals surface area contributed by atoms with Gasteiger partial charge in [0.2, 0.25) is 0 Å². The Labute approximate surface area is 613 Å². The molecule has 19 heteroatoms. The van der Waals surface area contributed by atoms with Crippen molar-refractivity contribution in [3.8, 4) is 0 Å². The van der Waals surface area contributed by atoms with Gasteiger partial charge in [-0.15, -0.1) is 0 Å². The Morgan fingerprint density at radius 1 is 0.270 bits per heavy atom. The molecule has 0 aliphatic rings. The van der Waals surface area contributed by atoms with Gasteiger partial charge in [-0.2, -0.15) is 0 Å². The van der Waals surface area contributed by atoms with Crippen LogP contribution in [-0.2, 0) is 65.4 Å². The van der Waals surface area contributed by atoms with Crippen molar-refractivity contribution in [1.82, 2.24) is 0 Å². The van der Waals surface area contributed by atoms with Crippen molar-refractivity contribution < 1.29 is 80.2 Å². The molecule has 3 N–H and O–H groups in total. The van der Waals surface area contributed by atoms with Gasteiger partial charge in [0.05, 0.1) is 26.4 Å². The second kappa shape index (κ2) is 72.6. The molecule has 0 saturated carbocycles. The first-order valence-electron chi connectivity index (χ1n) is 42.0. The molecule has 594 valence electrons. The molecule has 0 bridgehead atoms. The van der Waals surface area contributed by atoms with Crippen LogP contribution < -0.4 is 0 Å².